The number of rotatable bonds is 6. The molecule has 1 amide bonds. The van der Waals surface area contributed by atoms with E-state index in [0.29, 0.717) is 19.1 Å². The van der Waals surface area contributed by atoms with Gasteiger partial charge in [-0.05, 0) is 43.5 Å². The smallest absolute Gasteiger partial charge is 0.222 e. The van der Waals surface area contributed by atoms with Gasteiger partial charge >= 0.3 is 0 Å². The van der Waals surface area contributed by atoms with Crippen molar-refractivity contribution in [3.8, 4) is 5.75 Å². The van der Waals surface area contributed by atoms with E-state index in [4.69, 9.17) is 4.74 Å². The molecule has 134 valence electrons. The summed E-state index contributed by atoms with van der Waals surface area (Å²) in [5.41, 5.74) is 3.03. The molecule has 0 bridgehead atoms. The van der Waals surface area contributed by atoms with Gasteiger partial charge in [-0.15, -0.1) is 0 Å². The molecule has 0 radical (unpaired) electrons. The van der Waals surface area contributed by atoms with Gasteiger partial charge in [-0.25, -0.2) is 0 Å². The number of carbonyl (C=O) groups is 1. The lowest BCUT2D eigenvalue weighted by molar-refractivity contribution is -0.132. The SMILES string of the molecule is C=C1C=Cc2cc(OCCCC(=O)N(C)C3CCCCC3)ccc2N1. The van der Waals surface area contributed by atoms with E-state index in [1.165, 1.54) is 19.3 Å². The molecule has 1 N–H and O–H groups in total. The lowest BCUT2D eigenvalue weighted by Gasteiger charge is -2.31. The number of ether oxygens (including phenoxy) is 1. The molecule has 25 heavy (non-hydrogen) atoms. The van der Waals surface area contributed by atoms with Crippen LogP contribution in [0.25, 0.3) is 6.08 Å². The molecule has 1 aromatic rings. The van der Waals surface area contributed by atoms with Crippen molar-refractivity contribution < 1.29 is 9.53 Å². The maximum Gasteiger partial charge on any atom is 0.222 e. The number of nitrogens with one attached hydrogen (secondary N) is 1. The summed E-state index contributed by atoms with van der Waals surface area (Å²) in [6, 6.07) is 6.41. The first-order chi connectivity index (χ1) is 12.1. The van der Waals surface area contributed by atoms with Gasteiger partial charge < -0.3 is 15.0 Å². The third kappa shape index (κ3) is 4.65. The molecular formula is C21H28N2O2. The summed E-state index contributed by atoms with van der Waals surface area (Å²) in [6.07, 6.45) is 11.4. The minimum atomic E-state index is 0.242. The molecule has 0 aromatic heterocycles. The Morgan fingerprint density at radius 1 is 1.28 bits per heavy atom. The lowest BCUT2D eigenvalue weighted by Crippen LogP contribution is -2.38. The Hall–Kier alpha value is -2.23. The first-order valence-corrected chi connectivity index (χ1v) is 9.30. The number of fused-ring (bicyclic) bond motifs is 1. The maximum absolute atomic E-state index is 12.3. The summed E-state index contributed by atoms with van der Waals surface area (Å²) in [6.45, 7) is 4.46. The monoisotopic (exact) mass is 340 g/mol. The zero-order chi connectivity index (χ0) is 17.6. The number of carbonyl (C=O) groups excluding carboxylic acids is 1. The van der Waals surface area contributed by atoms with Crippen molar-refractivity contribution in [1.29, 1.82) is 0 Å². The Balaban J connectivity index is 1.42. The summed E-state index contributed by atoms with van der Waals surface area (Å²) in [4.78, 5) is 14.3. The Morgan fingerprint density at radius 2 is 2.08 bits per heavy atom. The van der Waals surface area contributed by atoms with Crippen LogP contribution in [0.5, 0.6) is 5.75 Å². The molecule has 4 heteroatoms. The number of anilines is 1. The Bertz CT molecular complexity index is 660. The predicted octanol–water partition coefficient (Wildman–Crippen LogP) is 4.59. The molecule has 0 spiro atoms. The van der Waals surface area contributed by atoms with E-state index in [2.05, 4.69) is 11.9 Å². The van der Waals surface area contributed by atoms with Crippen LogP contribution in [0.4, 0.5) is 5.69 Å². The Morgan fingerprint density at radius 3 is 2.88 bits per heavy atom. The summed E-state index contributed by atoms with van der Waals surface area (Å²) in [5.74, 6) is 1.08. The van der Waals surface area contributed by atoms with Gasteiger partial charge in [0.25, 0.3) is 0 Å². The molecule has 1 aromatic carbocycles. The number of amides is 1. The molecule has 0 unspecified atom stereocenters. The van der Waals surface area contributed by atoms with Crippen LogP contribution in [0.3, 0.4) is 0 Å². The van der Waals surface area contributed by atoms with Crippen molar-refractivity contribution in [1.82, 2.24) is 4.90 Å². The summed E-state index contributed by atoms with van der Waals surface area (Å²) < 4.78 is 5.82. The van der Waals surface area contributed by atoms with Crippen LogP contribution in [0, 0.1) is 0 Å². The summed E-state index contributed by atoms with van der Waals surface area (Å²) in [5, 5.41) is 3.23. The molecule has 0 saturated heterocycles. The minimum Gasteiger partial charge on any atom is -0.494 e. The van der Waals surface area contributed by atoms with Gasteiger partial charge in [-0.1, -0.05) is 31.9 Å². The fourth-order valence-electron chi connectivity index (χ4n) is 3.55. The highest BCUT2D eigenvalue weighted by atomic mass is 16.5. The minimum absolute atomic E-state index is 0.242. The van der Waals surface area contributed by atoms with Crippen molar-refractivity contribution in [3.05, 3.63) is 42.1 Å². The lowest BCUT2D eigenvalue weighted by atomic mass is 9.94. The molecule has 2 aliphatic rings. The van der Waals surface area contributed by atoms with Gasteiger partial charge in [-0.2, -0.15) is 0 Å². The predicted molar refractivity (Wildman–Crippen MR) is 103 cm³/mol. The number of allylic oxidation sites excluding steroid dienone is 1. The van der Waals surface area contributed by atoms with Crippen molar-refractivity contribution in [2.75, 3.05) is 19.0 Å². The van der Waals surface area contributed by atoms with Crippen LogP contribution in [0.2, 0.25) is 0 Å². The summed E-state index contributed by atoms with van der Waals surface area (Å²) >= 11 is 0. The average Bonchev–Trinajstić information content (AvgIpc) is 2.65. The van der Waals surface area contributed by atoms with Gasteiger partial charge in [0.05, 0.1) is 6.61 Å². The van der Waals surface area contributed by atoms with E-state index in [9.17, 15) is 4.79 Å². The first kappa shape index (κ1) is 17.6. The van der Waals surface area contributed by atoms with Gasteiger partial charge in [0.1, 0.15) is 5.75 Å². The quantitative estimate of drug-likeness (QED) is 0.770. The number of benzene rings is 1. The summed E-state index contributed by atoms with van der Waals surface area (Å²) in [7, 11) is 1.95. The van der Waals surface area contributed by atoms with Gasteiger partial charge in [0, 0.05) is 36.5 Å². The second-order valence-corrected chi connectivity index (χ2v) is 6.98. The van der Waals surface area contributed by atoms with Crippen LogP contribution in [-0.2, 0) is 4.79 Å². The van der Waals surface area contributed by atoms with Crippen molar-refractivity contribution in [3.63, 3.8) is 0 Å². The fraction of sp³-hybridized carbons (Fsp3) is 0.476. The van der Waals surface area contributed by atoms with E-state index in [1.807, 2.05) is 42.3 Å². The Kier molecular flexibility index (Phi) is 5.79. The van der Waals surface area contributed by atoms with Crippen molar-refractivity contribution in [2.24, 2.45) is 0 Å². The van der Waals surface area contributed by atoms with E-state index >= 15 is 0 Å². The Labute approximate surface area is 150 Å². The normalized spacial score (nSPS) is 16.9. The van der Waals surface area contributed by atoms with E-state index in [-0.39, 0.29) is 5.91 Å². The van der Waals surface area contributed by atoms with E-state index in [1.54, 1.807) is 0 Å². The van der Waals surface area contributed by atoms with Gasteiger partial charge in [-0.3, -0.25) is 4.79 Å². The van der Waals surface area contributed by atoms with Crippen molar-refractivity contribution in [2.45, 2.75) is 51.0 Å². The second kappa shape index (κ2) is 8.24. The van der Waals surface area contributed by atoms with Crippen LogP contribution in [0.1, 0.15) is 50.5 Å². The molecule has 1 saturated carbocycles. The molecular weight excluding hydrogens is 312 g/mol. The third-order valence-electron chi connectivity index (χ3n) is 5.10. The largest absolute Gasteiger partial charge is 0.494 e. The molecule has 0 atom stereocenters. The van der Waals surface area contributed by atoms with Gasteiger partial charge in [0.15, 0.2) is 0 Å². The molecule has 4 nitrogen and oxygen atoms in total. The number of nitrogens with zero attached hydrogens (tertiary/aromatic N) is 1. The molecule has 1 heterocycles. The highest BCUT2D eigenvalue weighted by molar-refractivity contribution is 5.76. The maximum atomic E-state index is 12.3. The molecule has 1 fully saturated rings. The topological polar surface area (TPSA) is 41.6 Å². The zero-order valence-electron chi connectivity index (χ0n) is 15.1. The van der Waals surface area contributed by atoms with Crippen LogP contribution in [0.15, 0.2) is 36.6 Å². The molecule has 1 aliphatic heterocycles. The third-order valence-corrected chi connectivity index (χ3v) is 5.10. The highest BCUT2D eigenvalue weighted by Crippen LogP contribution is 2.28. The molecule has 1 aliphatic carbocycles. The molecule has 3 rings (SSSR count). The number of hydrogen-bond acceptors (Lipinski definition) is 3. The van der Waals surface area contributed by atoms with Crippen LogP contribution in [-0.4, -0.2) is 30.5 Å². The average molecular weight is 340 g/mol. The van der Waals surface area contributed by atoms with Crippen LogP contribution >= 0.6 is 0 Å². The first-order valence-electron chi connectivity index (χ1n) is 9.30. The standard InChI is InChI=1S/C21H28N2O2/c1-16-10-11-17-15-19(12-13-20(17)22-16)25-14-6-9-21(24)23(2)18-7-4-3-5-8-18/h10-13,15,18,22H,1,3-9,14H2,2H3. The highest BCUT2D eigenvalue weighted by Gasteiger charge is 2.21. The van der Waals surface area contributed by atoms with E-state index < -0.39 is 0 Å². The zero-order valence-corrected chi connectivity index (χ0v) is 15.1. The fourth-order valence-corrected chi connectivity index (χ4v) is 3.55. The van der Waals surface area contributed by atoms with E-state index in [0.717, 1.165) is 42.0 Å². The van der Waals surface area contributed by atoms with Crippen molar-refractivity contribution >= 4 is 17.7 Å². The van der Waals surface area contributed by atoms with Crippen LogP contribution < -0.4 is 10.1 Å². The number of hydrogen-bond donors (Lipinski definition) is 1. The van der Waals surface area contributed by atoms with Gasteiger partial charge in [0.2, 0.25) is 5.91 Å². The second-order valence-electron chi connectivity index (χ2n) is 6.98.